The van der Waals surface area contributed by atoms with E-state index in [1.165, 1.54) is 0 Å². The first-order valence-corrected chi connectivity index (χ1v) is 15.3. The number of hydrogen-bond donors (Lipinski definition) is 3. The van der Waals surface area contributed by atoms with Crippen LogP contribution in [0.2, 0.25) is 0 Å². The topological polar surface area (TPSA) is 226 Å². The quantitative estimate of drug-likeness (QED) is 0.279. The fourth-order valence-electron chi connectivity index (χ4n) is 10.1. The molecule has 0 amide bonds. The van der Waals surface area contributed by atoms with Gasteiger partial charge in [-0.2, -0.15) is 0 Å². The summed E-state index contributed by atoms with van der Waals surface area (Å²) in [7, 11) is 0. The fraction of sp³-hybridized carbons (Fsp3) is 0.818. The van der Waals surface area contributed by atoms with Crippen molar-refractivity contribution in [2.75, 3.05) is 0 Å². The number of rotatable bonds is 3. The van der Waals surface area contributed by atoms with Crippen molar-refractivity contribution in [3.8, 4) is 0 Å². The van der Waals surface area contributed by atoms with Gasteiger partial charge < -0.3 is 26.3 Å². The number of carbonyl (C=O) groups is 6. The van der Waals surface area contributed by atoms with Crippen LogP contribution in [-0.4, -0.2) is 114 Å². The van der Waals surface area contributed by atoms with Crippen LogP contribution in [-0.2, 0) is 28.8 Å². The van der Waals surface area contributed by atoms with Gasteiger partial charge in [0.15, 0.2) is 17.3 Å². The molecular weight excluding hydrogens is 990 g/mol. The monoisotopic (exact) mass is 1040 g/mol. The molecule has 0 heterocycles. The maximum atomic E-state index is 12.0. The Morgan fingerprint density at radius 3 is 0.739 bits per heavy atom. The van der Waals surface area contributed by atoms with Crippen LogP contribution in [0.5, 0.6) is 0 Å². The normalized spacial score (nSPS) is 40.5. The van der Waals surface area contributed by atoms with Crippen molar-refractivity contribution >= 4 is 87.7 Å². The van der Waals surface area contributed by atoms with Crippen LogP contribution in [0.4, 0.5) is 0 Å². The van der Waals surface area contributed by atoms with Crippen molar-refractivity contribution < 1.29 is 55.0 Å². The Hall–Kier alpha value is -0.894. The second kappa shape index (κ2) is 13.8. The van der Waals surface area contributed by atoms with E-state index in [0.29, 0.717) is 0 Å². The minimum absolute atomic E-state index is 0. The summed E-state index contributed by atoms with van der Waals surface area (Å²) in [4.78, 5) is 68.9. The fourth-order valence-corrected chi connectivity index (χ4v) is 10.1. The Labute approximate surface area is 309 Å². The van der Waals surface area contributed by atoms with Gasteiger partial charge in [0.25, 0.3) is 0 Å². The van der Waals surface area contributed by atoms with E-state index in [0.717, 1.165) is 38.5 Å². The minimum Gasteiger partial charge on any atom is -0.481 e. The number of carbonyl (C=O) groups excluding carboxylic acids is 3. The maximum absolute atomic E-state index is 12.0. The Kier molecular flexibility index (Phi) is 13.5. The number of fused-ring (bicyclic) bond motifs is 6. The molecule has 0 aromatic carbocycles. The zero-order valence-electron chi connectivity index (χ0n) is 28.4. The van der Waals surface area contributed by atoms with Crippen molar-refractivity contribution in [1.29, 1.82) is 0 Å². The summed E-state index contributed by atoms with van der Waals surface area (Å²) in [6.45, 7) is 18.0. The molecule has 6 saturated carbocycles. The van der Waals surface area contributed by atoms with Gasteiger partial charge in [-0.3, -0.25) is 28.8 Å². The predicted molar refractivity (Wildman–Crippen MR) is 171 cm³/mol. The molecule has 13 heteroatoms. The van der Waals surface area contributed by atoms with Crippen LogP contribution in [0, 0.1) is 68.0 Å². The third-order valence-corrected chi connectivity index (χ3v) is 14.4. The van der Waals surface area contributed by atoms with E-state index >= 15 is 0 Å². The molecular formula is C33H52Bi2O11. The average molecular weight is 1040 g/mol. The number of carboxylic acids is 3. The summed E-state index contributed by atoms with van der Waals surface area (Å²) in [5, 5.41) is 27.1. The van der Waals surface area contributed by atoms with E-state index in [9.17, 15) is 28.8 Å². The van der Waals surface area contributed by atoms with E-state index in [1.54, 1.807) is 0 Å². The second-order valence-corrected chi connectivity index (χ2v) is 16.1. The Morgan fingerprint density at radius 1 is 0.478 bits per heavy atom. The molecule has 260 valence electrons. The molecule has 9 atom stereocenters. The van der Waals surface area contributed by atoms with E-state index < -0.39 is 51.9 Å². The number of hydrogen-bond acceptors (Lipinski definition) is 6. The number of Topliss-reactive ketones (excluding diaryl/α,β-unsaturated/α-hetero) is 3. The summed E-state index contributed by atoms with van der Waals surface area (Å²) in [5.74, 6) is -5.07. The number of ketones is 3. The van der Waals surface area contributed by atoms with Gasteiger partial charge >= 0.3 is 17.9 Å². The van der Waals surface area contributed by atoms with Crippen LogP contribution in [0.25, 0.3) is 0 Å². The molecule has 0 saturated heterocycles. The molecule has 0 spiro atoms. The first-order chi connectivity index (χ1) is 19.0. The summed E-state index contributed by atoms with van der Waals surface area (Å²) < 4.78 is 0. The van der Waals surface area contributed by atoms with E-state index in [2.05, 4.69) is 0 Å². The molecule has 7 N–H and O–H groups in total. The molecule has 6 rings (SSSR count). The van der Waals surface area contributed by atoms with Gasteiger partial charge in [0.1, 0.15) is 17.8 Å². The van der Waals surface area contributed by atoms with Gasteiger partial charge in [0.2, 0.25) is 0 Å². The molecule has 6 aliphatic rings. The van der Waals surface area contributed by atoms with Crippen molar-refractivity contribution in [2.45, 2.75) is 101 Å². The Balaban J connectivity index is 0.000000633. The summed E-state index contributed by atoms with van der Waals surface area (Å²) >= 11 is 0. The minimum atomic E-state index is -0.934. The molecule has 11 nitrogen and oxygen atoms in total. The maximum Gasteiger partial charge on any atom is 0.314 e. The SMILES string of the molecule is CC12CCC(C(C(=O)O)C1=O)C2(C)C.CC12CCC(C(C(=O)O)C1=O)C2(C)C.CC12CCC(C(C(=O)O)C1=O)C2(C)C.O.O.[Bi].[Bi]. The molecule has 6 aliphatic carbocycles. The van der Waals surface area contributed by atoms with Crippen molar-refractivity contribution in [2.24, 2.45) is 68.0 Å². The largest absolute Gasteiger partial charge is 0.481 e. The van der Waals surface area contributed by atoms with Crippen molar-refractivity contribution in [3.63, 3.8) is 0 Å². The Bertz CT molecular complexity index is 1120. The second-order valence-electron chi connectivity index (χ2n) is 16.1. The molecule has 46 heavy (non-hydrogen) atoms. The van der Waals surface area contributed by atoms with Gasteiger partial charge in [0.05, 0.1) is 0 Å². The van der Waals surface area contributed by atoms with Gasteiger partial charge in [0, 0.05) is 68.7 Å². The van der Waals surface area contributed by atoms with Crippen molar-refractivity contribution in [1.82, 2.24) is 0 Å². The smallest absolute Gasteiger partial charge is 0.314 e. The molecule has 0 aliphatic heterocycles. The van der Waals surface area contributed by atoms with Crippen LogP contribution >= 0.6 is 0 Å². The van der Waals surface area contributed by atoms with Gasteiger partial charge in [-0.15, -0.1) is 0 Å². The van der Waals surface area contributed by atoms with Crippen molar-refractivity contribution in [3.05, 3.63) is 0 Å². The molecule has 6 radical (unpaired) electrons. The summed E-state index contributed by atoms with van der Waals surface area (Å²) in [6, 6.07) is 0. The Morgan fingerprint density at radius 2 is 0.652 bits per heavy atom. The first kappa shape index (κ1) is 45.1. The van der Waals surface area contributed by atoms with Gasteiger partial charge in [-0.25, -0.2) is 0 Å². The van der Waals surface area contributed by atoms with Gasteiger partial charge in [-0.1, -0.05) is 62.3 Å². The average Bonchev–Trinajstić information content (AvgIpc) is 3.48. The van der Waals surface area contributed by atoms with Crippen LogP contribution < -0.4 is 0 Å². The van der Waals surface area contributed by atoms with E-state index in [-0.39, 0.29) is 115 Å². The van der Waals surface area contributed by atoms with E-state index in [1.807, 2.05) is 62.3 Å². The predicted octanol–water partition coefficient (Wildman–Crippen LogP) is 2.73. The molecule has 0 aromatic heterocycles. The van der Waals surface area contributed by atoms with Crippen LogP contribution in [0.1, 0.15) is 101 Å². The zero-order chi connectivity index (χ0) is 32.2. The van der Waals surface area contributed by atoms with Crippen LogP contribution in [0.3, 0.4) is 0 Å². The van der Waals surface area contributed by atoms with Gasteiger partial charge in [-0.05, 0) is 72.5 Å². The number of aliphatic carboxylic acids is 3. The third kappa shape index (κ3) is 5.67. The first-order valence-electron chi connectivity index (χ1n) is 15.3. The summed E-state index contributed by atoms with van der Waals surface area (Å²) in [6.07, 6.45) is 5.21. The van der Waals surface area contributed by atoms with E-state index in [4.69, 9.17) is 15.3 Å². The molecule has 6 bridgehead atoms. The third-order valence-electron chi connectivity index (χ3n) is 14.4. The number of carboxylic acid groups (broad SMARTS) is 3. The standard InChI is InChI=1S/3C11H16O3.2Bi.2H2O/c3*1-10(2)6-4-5-11(10,3)8(12)7(6)9(13)14;;;;/h3*6-7H,4-5H2,1-3H3,(H,13,14);;;2*1H2. The molecule has 9 unspecified atom stereocenters. The molecule has 0 aromatic rings. The molecule has 6 fully saturated rings. The summed E-state index contributed by atoms with van der Waals surface area (Å²) in [5.41, 5.74) is -1.64. The zero-order valence-corrected chi connectivity index (χ0v) is 35.3. The van der Waals surface area contributed by atoms with Crippen LogP contribution in [0.15, 0.2) is 0 Å².